The minimum atomic E-state index is -1.05. The number of hydrogen-bond donors (Lipinski definition) is 1. The largest absolute Gasteiger partial charge is 0.478 e. The van der Waals surface area contributed by atoms with Gasteiger partial charge in [0.05, 0.1) is 15.1 Å². The van der Waals surface area contributed by atoms with E-state index in [2.05, 4.69) is 36.8 Å². The van der Waals surface area contributed by atoms with Gasteiger partial charge in [0, 0.05) is 15.6 Å². The van der Waals surface area contributed by atoms with Gasteiger partial charge in [-0.25, -0.2) is 9.78 Å². The summed E-state index contributed by atoms with van der Waals surface area (Å²) in [4.78, 5) is 16.0. The quantitative estimate of drug-likeness (QED) is 0.745. The fraction of sp³-hybridized carbons (Fsp3) is 0. The van der Waals surface area contributed by atoms with Crippen LogP contribution in [0.3, 0.4) is 0 Å². The zero-order valence-corrected chi connectivity index (χ0v) is 14.0. The van der Waals surface area contributed by atoms with E-state index in [0.717, 1.165) is 18.9 Å². The predicted molar refractivity (Wildman–Crippen MR) is 82.2 cm³/mol. The fourth-order valence-electron chi connectivity index (χ4n) is 1.32. The van der Waals surface area contributed by atoms with Crippen LogP contribution in [-0.2, 0) is 0 Å². The molecular formula is C12H6Br2ClNO2S. The number of pyridine rings is 1. The molecule has 0 atom stereocenters. The third-order valence-corrected chi connectivity index (χ3v) is 4.80. The van der Waals surface area contributed by atoms with Crippen LogP contribution < -0.4 is 0 Å². The monoisotopic (exact) mass is 421 g/mol. The van der Waals surface area contributed by atoms with Gasteiger partial charge in [0.1, 0.15) is 5.03 Å². The summed E-state index contributed by atoms with van der Waals surface area (Å²) >= 11 is 13.9. The zero-order chi connectivity index (χ0) is 14.0. The number of hydrogen-bond acceptors (Lipinski definition) is 3. The third-order valence-electron chi connectivity index (χ3n) is 2.16. The van der Waals surface area contributed by atoms with E-state index in [1.807, 2.05) is 6.07 Å². The Hall–Kier alpha value is -0.560. The molecule has 2 rings (SSSR count). The van der Waals surface area contributed by atoms with Crippen molar-refractivity contribution >= 4 is 61.2 Å². The Balaban J connectivity index is 2.33. The fourth-order valence-corrected chi connectivity index (χ4v) is 3.55. The molecule has 0 radical (unpaired) electrons. The van der Waals surface area contributed by atoms with Crippen LogP contribution in [0.1, 0.15) is 10.4 Å². The summed E-state index contributed by atoms with van der Waals surface area (Å²) < 4.78 is 1.70. The van der Waals surface area contributed by atoms with E-state index in [4.69, 9.17) is 16.7 Å². The van der Waals surface area contributed by atoms with E-state index < -0.39 is 5.97 Å². The van der Waals surface area contributed by atoms with Crippen LogP contribution in [0.2, 0.25) is 5.02 Å². The van der Waals surface area contributed by atoms with Crippen LogP contribution in [0.15, 0.2) is 49.3 Å². The molecule has 0 unspecified atom stereocenters. The average Bonchev–Trinajstić information content (AvgIpc) is 2.34. The van der Waals surface area contributed by atoms with Crippen molar-refractivity contribution in [2.24, 2.45) is 0 Å². The van der Waals surface area contributed by atoms with Gasteiger partial charge in [-0.05, 0) is 56.1 Å². The van der Waals surface area contributed by atoms with E-state index in [9.17, 15) is 4.79 Å². The molecule has 1 N–H and O–H groups in total. The first-order chi connectivity index (χ1) is 8.97. The lowest BCUT2D eigenvalue weighted by Gasteiger charge is -2.06. The molecule has 0 amide bonds. The van der Waals surface area contributed by atoms with Gasteiger partial charge in [0.2, 0.25) is 0 Å². The highest BCUT2D eigenvalue weighted by atomic mass is 79.9. The molecule has 0 saturated heterocycles. The number of carboxylic acid groups (broad SMARTS) is 1. The number of nitrogens with zero attached hydrogens (tertiary/aromatic N) is 1. The predicted octanol–water partition coefficient (Wildman–Crippen LogP) is 5.11. The van der Waals surface area contributed by atoms with Gasteiger partial charge in [-0.3, -0.25) is 0 Å². The van der Waals surface area contributed by atoms with E-state index in [-0.39, 0.29) is 10.6 Å². The standard InChI is InChI=1S/C12H6Br2ClNO2S/c13-6-3-9(14)11(16-5-6)19-7-1-2-10(15)8(4-7)12(17)18/h1-5H,(H,17,18). The van der Waals surface area contributed by atoms with Crippen LogP contribution in [0.5, 0.6) is 0 Å². The normalized spacial score (nSPS) is 10.5. The maximum absolute atomic E-state index is 11.0. The van der Waals surface area contributed by atoms with Crippen LogP contribution in [0, 0.1) is 0 Å². The molecule has 1 aromatic heterocycles. The van der Waals surface area contributed by atoms with Gasteiger partial charge >= 0.3 is 5.97 Å². The molecule has 1 heterocycles. The smallest absolute Gasteiger partial charge is 0.337 e. The lowest BCUT2D eigenvalue weighted by atomic mass is 10.2. The minimum absolute atomic E-state index is 0.0832. The molecule has 0 saturated carbocycles. The van der Waals surface area contributed by atoms with Crippen molar-refractivity contribution in [3.05, 3.63) is 50.0 Å². The Kier molecular flexibility index (Phi) is 4.89. The molecule has 0 fully saturated rings. The average molecular weight is 424 g/mol. The maximum atomic E-state index is 11.0. The molecular weight excluding hydrogens is 417 g/mol. The summed E-state index contributed by atoms with van der Waals surface area (Å²) in [6.45, 7) is 0. The Labute approximate surface area is 135 Å². The lowest BCUT2D eigenvalue weighted by molar-refractivity contribution is 0.0697. The molecule has 0 spiro atoms. The summed E-state index contributed by atoms with van der Waals surface area (Å²) in [5, 5.41) is 10.00. The highest BCUT2D eigenvalue weighted by Gasteiger charge is 2.11. The number of halogens is 3. The van der Waals surface area contributed by atoms with E-state index in [1.54, 1.807) is 18.3 Å². The van der Waals surface area contributed by atoms with Crippen LogP contribution in [0.4, 0.5) is 0 Å². The van der Waals surface area contributed by atoms with Crippen molar-refractivity contribution < 1.29 is 9.90 Å². The number of aromatic carboxylic acids is 1. The highest BCUT2D eigenvalue weighted by Crippen LogP contribution is 2.34. The summed E-state index contributed by atoms with van der Waals surface area (Å²) in [5.74, 6) is -1.05. The van der Waals surface area contributed by atoms with Gasteiger partial charge in [0.15, 0.2) is 0 Å². The number of rotatable bonds is 3. The van der Waals surface area contributed by atoms with Crippen molar-refractivity contribution in [3.63, 3.8) is 0 Å². The first-order valence-electron chi connectivity index (χ1n) is 4.99. The summed E-state index contributed by atoms with van der Waals surface area (Å²) in [6.07, 6.45) is 1.68. The van der Waals surface area contributed by atoms with Crippen LogP contribution in [-0.4, -0.2) is 16.1 Å². The second kappa shape index (κ2) is 6.26. The minimum Gasteiger partial charge on any atom is -0.478 e. The molecule has 19 heavy (non-hydrogen) atoms. The molecule has 0 aliphatic carbocycles. The van der Waals surface area contributed by atoms with E-state index in [0.29, 0.717) is 0 Å². The van der Waals surface area contributed by atoms with Gasteiger partial charge < -0.3 is 5.11 Å². The molecule has 1 aromatic carbocycles. The Morgan fingerprint density at radius 2 is 2.05 bits per heavy atom. The molecule has 0 aliphatic rings. The third kappa shape index (κ3) is 3.72. The first-order valence-corrected chi connectivity index (χ1v) is 7.77. The Morgan fingerprint density at radius 3 is 2.68 bits per heavy atom. The van der Waals surface area contributed by atoms with Crippen molar-refractivity contribution in [2.45, 2.75) is 9.92 Å². The second-order valence-corrected chi connectivity index (χ2v) is 6.73. The summed E-state index contributed by atoms with van der Waals surface area (Å²) in [6, 6.07) is 6.74. The number of aromatic nitrogens is 1. The lowest BCUT2D eigenvalue weighted by Crippen LogP contribution is -1.97. The van der Waals surface area contributed by atoms with Crippen LogP contribution in [0.25, 0.3) is 0 Å². The Bertz CT molecular complexity index is 652. The summed E-state index contributed by atoms with van der Waals surface area (Å²) in [7, 11) is 0. The molecule has 0 aliphatic heterocycles. The molecule has 7 heteroatoms. The van der Waals surface area contributed by atoms with Gasteiger partial charge in [0.25, 0.3) is 0 Å². The zero-order valence-electron chi connectivity index (χ0n) is 9.23. The van der Waals surface area contributed by atoms with Crippen LogP contribution >= 0.6 is 55.2 Å². The van der Waals surface area contributed by atoms with Gasteiger partial charge in [-0.1, -0.05) is 23.4 Å². The van der Waals surface area contributed by atoms with Crippen molar-refractivity contribution in [1.82, 2.24) is 4.98 Å². The number of carbonyl (C=O) groups is 1. The van der Waals surface area contributed by atoms with Gasteiger partial charge in [-0.2, -0.15) is 0 Å². The van der Waals surface area contributed by atoms with Crippen molar-refractivity contribution in [2.75, 3.05) is 0 Å². The molecule has 98 valence electrons. The molecule has 0 bridgehead atoms. The molecule has 3 nitrogen and oxygen atoms in total. The summed E-state index contributed by atoms with van der Waals surface area (Å²) in [5.41, 5.74) is 0.0832. The van der Waals surface area contributed by atoms with Crippen molar-refractivity contribution in [3.8, 4) is 0 Å². The van der Waals surface area contributed by atoms with E-state index >= 15 is 0 Å². The number of benzene rings is 1. The first kappa shape index (κ1) is 14.8. The maximum Gasteiger partial charge on any atom is 0.337 e. The number of carboxylic acids is 1. The van der Waals surface area contributed by atoms with E-state index in [1.165, 1.54) is 17.8 Å². The second-order valence-electron chi connectivity index (χ2n) is 3.49. The Morgan fingerprint density at radius 1 is 1.32 bits per heavy atom. The highest BCUT2D eigenvalue weighted by molar-refractivity contribution is 9.11. The van der Waals surface area contributed by atoms with Crippen molar-refractivity contribution in [1.29, 1.82) is 0 Å². The van der Waals surface area contributed by atoms with Gasteiger partial charge in [-0.15, -0.1) is 0 Å². The SMILES string of the molecule is O=C(O)c1cc(Sc2ncc(Br)cc2Br)ccc1Cl. The topological polar surface area (TPSA) is 50.2 Å². The molecule has 2 aromatic rings.